The van der Waals surface area contributed by atoms with Crippen LogP contribution < -0.4 is 10.6 Å². The van der Waals surface area contributed by atoms with Crippen molar-refractivity contribution in [3.63, 3.8) is 0 Å². The first-order chi connectivity index (χ1) is 14.2. The van der Waals surface area contributed by atoms with E-state index in [1.807, 2.05) is 29.0 Å². The summed E-state index contributed by atoms with van der Waals surface area (Å²) in [5.74, 6) is -0.461. The second kappa shape index (κ2) is 10.3. The van der Waals surface area contributed by atoms with Crippen molar-refractivity contribution in [3.05, 3.63) is 88.2 Å². The van der Waals surface area contributed by atoms with E-state index in [2.05, 4.69) is 16.7 Å². The van der Waals surface area contributed by atoms with Crippen LogP contribution in [0.4, 0.5) is 5.69 Å². The second-order valence-electron chi connectivity index (χ2n) is 5.86. The van der Waals surface area contributed by atoms with Gasteiger partial charge in [0.15, 0.2) is 0 Å². The highest BCUT2D eigenvalue weighted by Gasteiger charge is 2.15. The van der Waals surface area contributed by atoms with E-state index in [1.165, 1.54) is 23.1 Å². The Labute approximate surface area is 177 Å². The number of rotatable bonds is 7. The summed E-state index contributed by atoms with van der Waals surface area (Å²) in [6.07, 6.45) is 1.64. The van der Waals surface area contributed by atoms with Crippen LogP contribution >= 0.6 is 23.1 Å². The van der Waals surface area contributed by atoms with E-state index in [0.29, 0.717) is 17.0 Å². The Balaban J connectivity index is 1.80. The van der Waals surface area contributed by atoms with Gasteiger partial charge in [0.25, 0.3) is 11.8 Å². The van der Waals surface area contributed by atoms with Crippen LogP contribution in [0.3, 0.4) is 0 Å². The molecule has 144 valence electrons. The van der Waals surface area contributed by atoms with E-state index in [-0.39, 0.29) is 11.6 Å². The summed E-state index contributed by atoms with van der Waals surface area (Å²) in [6.45, 7) is 0. The minimum atomic E-state index is -0.428. The van der Waals surface area contributed by atoms with Gasteiger partial charge in [-0.2, -0.15) is 16.6 Å². The molecule has 2 aromatic carbocycles. The topological polar surface area (TPSA) is 82.0 Å². The zero-order chi connectivity index (χ0) is 20.5. The minimum Gasteiger partial charge on any atom is -0.321 e. The van der Waals surface area contributed by atoms with E-state index in [0.717, 1.165) is 10.5 Å². The van der Waals surface area contributed by atoms with Crippen molar-refractivity contribution < 1.29 is 9.59 Å². The van der Waals surface area contributed by atoms with E-state index in [1.54, 1.807) is 48.5 Å². The number of carbonyl (C=O) groups is 2. The zero-order valence-electron chi connectivity index (χ0n) is 15.3. The quantitative estimate of drug-likeness (QED) is 0.427. The van der Waals surface area contributed by atoms with Crippen LogP contribution in [0, 0.1) is 11.3 Å². The average molecular weight is 420 g/mol. The molecule has 2 N–H and O–H groups in total. The highest BCUT2D eigenvalue weighted by atomic mass is 32.2. The third-order valence-corrected chi connectivity index (χ3v) is 5.34. The lowest BCUT2D eigenvalue weighted by atomic mass is 10.2. The molecule has 7 heteroatoms. The molecule has 0 aliphatic rings. The second-order valence-corrected chi connectivity index (χ2v) is 7.69. The standard InChI is InChI=1S/C22H17N3O2S2/c23-10-12-29-19-8-4-7-18(14-19)24-22(27)20(13-16-9-11-28-15-16)25-21(26)17-5-2-1-3-6-17/h1-9,11,13-15H,12H2,(H,24,27)(H,25,26)/b20-13+. The SMILES string of the molecule is N#CCSc1cccc(NC(=O)/C(=C\c2ccsc2)NC(=O)c2ccccc2)c1. The molecule has 1 aromatic heterocycles. The van der Waals surface area contributed by atoms with Crippen molar-refractivity contribution in [3.8, 4) is 6.07 Å². The van der Waals surface area contributed by atoms with E-state index in [4.69, 9.17) is 5.26 Å². The fourth-order valence-electron chi connectivity index (χ4n) is 2.44. The smallest absolute Gasteiger partial charge is 0.272 e. The van der Waals surface area contributed by atoms with Crippen LogP contribution in [0.25, 0.3) is 6.08 Å². The number of amides is 2. The predicted molar refractivity (Wildman–Crippen MR) is 118 cm³/mol. The van der Waals surface area contributed by atoms with Crippen molar-refractivity contribution in [1.29, 1.82) is 5.26 Å². The summed E-state index contributed by atoms with van der Waals surface area (Å²) >= 11 is 2.89. The monoisotopic (exact) mass is 419 g/mol. The minimum absolute atomic E-state index is 0.146. The van der Waals surface area contributed by atoms with Crippen molar-refractivity contribution in [1.82, 2.24) is 5.32 Å². The van der Waals surface area contributed by atoms with Gasteiger partial charge >= 0.3 is 0 Å². The molecular formula is C22H17N3O2S2. The Morgan fingerprint density at radius 3 is 2.66 bits per heavy atom. The largest absolute Gasteiger partial charge is 0.321 e. The van der Waals surface area contributed by atoms with Crippen molar-refractivity contribution in [2.24, 2.45) is 0 Å². The highest BCUT2D eigenvalue weighted by Crippen LogP contribution is 2.21. The summed E-state index contributed by atoms with van der Waals surface area (Å²) < 4.78 is 0. The van der Waals surface area contributed by atoms with Gasteiger partial charge in [-0.25, -0.2) is 0 Å². The van der Waals surface area contributed by atoms with Crippen LogP contribution in [0.1, 0.15) is 15.9 Å². The van der Waals surface area contributed by atoms with Crippen molar-refractivity contribution >= 4 is 46.7 Å². The number of hydrogen-bond acceptors (Lipinski definition) is 5. The van der Waals surface area contributed by atoms with Gasteiger partial charge in [0.2, 0.25) is 0 Å². The summed E-state index contributed by atoms with van der Waals surface area (Å²) in [5, 5.41) is 18.0. The Kier molecular flexibility index (Phi) is 7.22. The number of nitriles is 1. The maximum atomic E-state index is 12.9. The van der Waals surface area contributed by atoms with Crippen LogP contribution in [-0.4, -0.2) is 17.6 Å². The predicted octanol–water partition coefficient (Wildman–Crippen LogP) is 4.77. The molecule has 0 atom stereocenters. The van der Waals surface area contributed by atoms with E-state index >= 15 is 0 Å². The molecule has 0 aliphatic heterocycles. The molecule has 3 aromatic rings. The Hall–Kier alpha value is -3.34. The summed E-state index contributed by atoms with van der Waals surface area (Å²) in [6, 6.07) is 19.9. The molecule has 0 fully saturated rings. The molecule has 0 saturated carbocycles. The first-order valence-corrected chi connectivity index (χ1v) is 10.6. The average Bonchev–Trinajstić information content (AvgIpc) is 3.26. The molecule has 3 rings (SSSR count). The van der Waals surface area contributed by atoms with Gasteiger partial charge in [0.1, 0.15) is 5.70 Å². The van der Waals surface area contributed by atoms with Gasteiger partial charge in [-0.15, -0.1) is 11.8 Å². The third-order valence-electron chi connectivity index (χ3n) is 3.78. The normalized spacial score (nSPS) is 10.8. The maximum absolute atomic E-state index is 12.9. The molecule has 5 nitrogen and oxygen atoms in total. The molecule has 0 unspecified atom stereocenters. The molecule has 0 saturated heterocycles. The van der Waals surface area contributed by atoms with Crippen molar-refractivity contribution in [2.45, 2.75) is 4.90 Å². The Bertz CT molecular complexity index is 1060. The number of thioether (sulfide) groups is 1. The summed E-state index contributed by atoms with van der Waals surface area (Å²) in [5.41, 5.74) is 2.02. The van der Waals surface area contributed by atoms with Crippen LogP contribution in [-0.2, 0) is 4.79 Å². The summed E-state index contributed by atoms with van der Waals surface area (Å²) in [7, 11) is 0. The number of hydrogen-bond donors (Lipinski definition) is 2. The number of anilines is 1. The molecule has 0 spiro atoms. The third kappa shape index (κ3) is 6.07. The lowest BCUT2D eigenvalue weighted by Gasteiger charge is -2.11. The molecule has 29 heavy (non-hydrogen) atoms. The molecule has 0 bridgehead atoms. The van der Waals surface area contributed by atoms with E-state index in [9.17, 15) is 9.59 Å². The van der Waals surface area contributed by atoms with Crippen LogP contribution in [0.5, 0.6) is 0 Å². The van der Waals surface area contributed by atoms with Gasteiger partial charge in [-0.3, -0.25) is 9.59 Å². The van der Waals surface area contributed by atoms with Gasteiger partial charge in [-0.05, 0) is 58.8 Å². The van der Waals surface area contributed by atoms with Crippen LogP contribution in [0.2, 0.25) is 0 Å². The molecular weight excluding hydrogens is 402 g/mol. The number of benzene rings is 2. The lowest BCUT2D eigenvalue weighted by molar-refractivity contribution is -0.113. The summed E-state index contributed by atoms with van der Waals surface area (Å²) in [4.78, 5) is 26.3. The molecule has 0 aliphatic carbocycles. The van der Waals surface area contributed by atoms with Crippen LogP contribution in [0.15, 0.2) is 82.0 Å². The first-order valence-electron chi connectivity index (χ1n) is 8.67. The molecule has 2 amide bonds. The number of carbonyl (C=O) groups excluding carboxylic acids is 2. The van der Waals surface area contributed by atoms with Gasteiger partial charge in [-0.1, -0.05) is 24.3 Å². The van der Waals surface area contributed by atoms with E-state index < -0.39 is 5.91 Å². The number of nitrogens with zero attached hydrogens (tertiary/aromatic N) is 1. The van der Waals surface area contributed by atoms with Gasteiger partial charge in [0, 0.05) is 16.1 Å². The highest BCUT2D eigenvalue weighted by molar-refractivity contribution is 7.99. The van der Waals surface area contributed by atoms with Crippen molar-refractivity contribution in [2.75, 3.05) is 11.1 Å². The number of nitrogens with one attached hydrogen (secondary N) is 2. The Morgan fingerprint density at radius 2 is 1.93 bits per heavy atom. The van der Waals surface area contributed by atoms with Gasteiger partial charge in [0.05, 0.1) is 11.8 Å². The Morgan fingerprint density at radius 1 is 1.10 bits per heavy atom. The fraction of sp³-hybridized carbons (Fsp3) is 0.0455. The molecule has 1 heterocycles. The first kappa shape index (κ1) is 20.4. The molecule has 0 radical (unpaired) electrons. The van der Waals surface area contributed by atoms with Gasteiger partial charge < -0.3 is 10.6 Å². The fourth-order valence-corrected chi connectivity index (χ4v) is 3.68. The number of thiophene rings is 1. The zero-order valence-corrected chi connectivity index (χ0v) is 16.9. The lowest BCUT2D eigenvalue weighted by Crippen LogP contribution is -2.30. The maximum Gasteiger partial charge on any atom is 0.272 e.